The van der Waals surface area contributed by atoms with Gasteiger partial charge in [0.05, 0.1) is 11.4 Å². The maximum atomic E-state index is 13.0. The molecular formula is C15H18N6OS. The van der Waals surface area contributed by atoms with Gasteiger partial charge < -0.3 is 0 Å². The van der Waals surface area contributed by atoms with Crippen LogP contribution in [0.25, 0.3) is 11.4 Å². The van der Waals surface area contributed by atoms with Crippen LogP contribution in [0.2, 0.25) is 0 Å². The summed E-state index contributed by atoms with van der Waals surface area (Å²) in [7, 11) is 1.85. The number of tetrazole rings is 1. The molecule has 2 aromatic heterocycles. The van der Waals surface area contributed by atoms with Gasteiger partial charge in [0.1, 0.15) is 0 Å². The molecule has 0 spiro atoms. The molecule has 7 nitrogen and oxygen atoms in total. The minimum atomic E-state index is -0.144. The van der Waals surface area contributed by atoms with Crippen molar-refractivity contribution in [1.82, 2.24) is 29.6 Å². The van der Waals surface area contributed by atoms with E-state index in [0.29, 0.717) is 16.1 Å². The monoisotopic (exact) mass is 330 g/mol. The lowest BCUT2D eigenvalue weighted by molar-refractivity contribution is 0.630. The minimum Gasteiger partial charge on any atom is -0.283 e. The summed E-state index contributed by atoms with van der Waals surface area (Å²) in [5.41, 5.74) is 1.94. The molecule has 0 unspecified atom stereocenters. The highest BCUT2D eigenvalue weighted by molar-refractivity contribution is 7.99. The van der Waals surface area contributed by atoms with Gasteiger partial charge in [-0.3, -0.25) is 9.48 Å². The highest BCUT2D eigenvalue weighted by Gasteiger charge is 2.22. The molecule has 0 aliphatic carbocycles. The van der Waals surface area contributed by atoms with Gasteiger partial charge >= 0.3 is 0 Å². The summed E-state index contributed by atoms with van der Waals surface area (Å²) in [6.07, 6.45) is 0. The maximum absolute atomic E-state index is 13.0. The maximum Gasteiger partial charge on any atom is 0.297 e. The van der Waals surface area contributed by atoms with Crippen LogP contribution >= 0.6 is 11.8 Å². The molecule has 0 saturated carbocycles. The Kier molecular flexibility index (Phi) is 4.08. The van der Waals surface area contributed by atoms with Gasteiger partial charge in [-0.25, -0.2) is 4.68 Å². The van der Waals surface area contributed by atoms with Crippen LogP contribution in [-0.2, 0) is 7.05 Å². The molecule has 0 N–H and O–H groups in total. The molecule has 23 heavy (non-hydrogen) atoms. The zero-order valence-electron chi connectivity index (χ0n) is 13.5. The smallest absolute Gasteiger partial charge is 0.283 e. The fourth-order valence-corrected chi connectivity index (χ4v) is 3.13. The van der Waals surface area contributed by atoms with Gasteiger partial charge in [0, 0.05) is 12.3 Å². The molecule has 3 rings (SSSR count). The number of nitrogens with zero attached hydrogens (tertiary/aromatic N) is 6. The Morgan fingerprint density at radius 1 is 1.17 bits per heavy atom. The van der Waals surface area contributed by atoms with E-state index in [-0.39, 0.29) is 5.56 Å². The second-order valence-electron chi connectivity index (χ2n) is 5.45. The van der Waals surface area contributed by atoms with Gasteiger partial charge in [0.2, 0.25) is 5.16 Å². The lowest BCUT2D eigenvalue weighted by Crippen LogP contribution is -2.22. The van der Waals surface area contributed by atoms with Crippen molar-refractivity contribution < 1.29 is 0 Å². The van der Waals surface area contributed by atoms with Crippen LogP contribution in [0.15, 0.2) is 40.3 Å². The van der Waals surface area contributed by atoms with Gasteiger partial charge in [0.15, 0.2) is 5.69 Å². The SMILES string of the molecule is Cc1c(-n2nnnc2SC(C)C)c(=O)n(-c2ccccc2)n1C. The van der Waals surface area contributed by atoms with Crippen molar-refractivity contribution in [2.75, 3.05) is 0 Å². The number of para-hydroxylation sites is 1. The van der Waals surface area contributed by atoms with Crippen LogP contribution in [0.5, 0.6) is 0 Å². The van der Waals surface area contributed by atoms with Crippen molar-refractivity contribution in [3.8, 4) is 11.4 Å². The van der Waals surface area contributed by atoms with Crippen LogP contribution < -0.4 is 5.56 Å². The molecule has 0 fully saturated rings. The largest absolute Gasteiger partial charge is 0.297 e. The first-order chi connectivity index (χ1) is 11.0. The molecule has 0 bridgehead atoms. The summed E-state index contributed by atoms with van der Waals surface area (Å²) in [5, 5.41) is 12.7. The van der Waals surface area contributed by atoms with E-state index in [4.69, 9.17) is 0 Å². The third-order valence-electron chi connectivity index (χ3n) is 3.52. The van der Waals surface area contributed by atoms with Crippen LogP contribution in [0.1, 0.15) is 19.5 Å². The fourth-order valence-electron chi connectivity index (χ4n) is 2.40. The molecule has 2 heterocycles. The summed E-state index contributed by atoms with van der Waals surface area (Å²) in [6, 6.07) is 9.52. The number of benzene rings is 1. The fraction of sp³-hybridized carbons (Fsp3) is 0.333. The molecule has 0 atom stereocenters. The molecule has 1 aromatic carbocycles. The predicted octanol–water partition coefficient (Wildman–Crippen LogP) is 1.96. The van der Waals surface area contributed by atoms with Crippen LogP contribution in [0.3, 0.4) is 0 Å². The first-order valence-corrected chi connectivity index (χ1v) is 8.18. The molecule has 0 amide bonds. The van der Waals surface area contributed by atoms with Gasteiger partial charge in [-0.05, 0) is 29.5 Å². The summed E-state index contributed by atoms with van der Waals surface area (Å²) < 4.78 is 4.97. The number of hydrogen-bond acceptors (Lipinski definition) is 5. The Labute approximate surface area is 137 Å². The Bertz CT molecular complexity index is 877. The van der Waals surface area contributed by atoms with E-state index in [9.17, 15) is 4.79 Å². The van der Waals surface area contributed by atoms with E-state index >= 15 is 0 Å². The van der Waals surface area contributed by atoms with E-state index in [1.807, 2.05) is 49.0 Å². The third-order valence-corrected chi connectivity index (χ3v) is 4.45. The average Bonchev–Trinajstić information content (AvgIpc) is 3.03. The topological polar surface area (TPSA) is 70.5 Å². The minimum absolute atomic E-state index is 0.144. The van der Waals surface area contributed by atoms with Crippen molar-refractivity contribution in [2.45, 2.75) is 31.2 Å². The quantitative estimate of drug-likeness (QED) is 0.684. The zero-order chi connectivity index (χ0) is 16.6. The Morgan fingerprint density at radius 2 is 1.87 bits per heavy atom. The Morgan fingerprint density at radius 3 is 2.52 bits per heavy atom. The van der Waals surface area contributed by atoms with Crippen LogP contribution in [-0.4, -0.2) is 34.8 Å². The van der Waals surface area contributed by atoms with E-state index in [1.165, 1.54) is 16.4 Å². The van der Waals surface area contributed by atoms with E-state index in [1.54, 1.807) is 4.68 Å². The normalized spacial score (nSPS) is 11.3. The number of hydrogen-bond donors (Lipinski definition) is 0. The number of rotatable bonds is 4. The summed E-state index contributed by atoms with van der Waals surface area (Å²) >= 11 is 1.52. The van der Waals surface area contributed by atoms with Gasteiger partial charge in [-0.2, -0.15) is 4.68 Å². The second kappa shape index (κ2) is 6.04. The van der Waals surface area contributed by atoms with Crippen LogP contribution in [0.4, 0.5) is 0 Å². The Balaban J connectivity index is 2.20. The average molecular weight is 330 g/mol. The van der Waals surface area contributed by atoms with Gasteiger partial charge in [0.25, 0.3) is 5.56 Å². The molecule has 8 heteroatoms. The highest BCUT2D eigenvalue weighted by Crippen LogP contribution is 2.23. The molecule has 0 radical (unpaired) electrons. The Hall–Kier alpha value is -2.35. The van der Waals surface area contributed by atoms with Crippen molar-refractivity contribution in [1.29, 1.82) is 0 Å². The molecule has 3 aromatic rings. The van der Waals surface area contributed by atoms with E-state index < -0.39 is 0 Å². The van der Waals surface area contributed by atoms with Crippen molar-refractivity contribution in [3.05, 3.63) is 46.4 Å². The summed E-state index contributed by atoms with van der Waals surface area (Å²) in [5.74, 6) is 0. The standard InChI is InChI=1S/C15H18N6OS/c1-10(2)23-15-16-17-18-20(15)13-11(3)19(4)21(14(13)22)12-8-6-5-7-9-12/h5-10H,1-4H3. The van der Waals surface area contributed by atoms with E-state index in [2.05, 4.69) is 29.4 Å². The lowest BCUT2D eigenvalue weighted by Gasteiger charge is -2.07. The van der Waals surface area contributed by atoms with Crippen molar-refractivity contribution in [3.63, 3.8) is 0 Å². The molecule has 0 aliphatic rings. The summed E-state index contributed by atoms with van der Waals surface area (Å²) in [4.78, 5) is 13.0. The molecular weight excluding hydrogens is 312 g/mol. The van der Waals surface area contributed by atoms with Crippen LogP contribution in [0, 0.1) is 6.92 Å². The first-order valence-electron chi connectivity index (χ1n) is 7.30. The number of thioether (sulfide) groups is 1. The van der Waals surface area contributed by atoms with Gasteiger partial charge in [-0.1, -0.05) is 43.8 Å². The first kappa shape index (κ1) is 15.5. The second-order valence-corrected chi connectivity index (χ2v) is 6.99. The zero-order valence-corrected chi connectivity index (χ0v) is 14.3. The van der Waals surface area contributed by atoms with Crippen molar-refractivity contribution >= 4 is 11.8 Å². The predicted molar refractivity (Wildman–Crippen MR) is 89.5 cm³/mol. The highest BCUT2D eigenvalue weighted by atomic mass is 32.2. The lowest BCUT2D eigenvalue weighted by atomic mass is 10.3. The molecule has 120 valence electrons. The molecule has 0 aliphatic heterocycles. The third kappa shape index (κ3) is 2.70. The summed E-state index contributed by atoms with van der Waals surface area (Å²) in [6.45, 7) is 6.01. The van der Waals surface area contributed by atoms with Crippen molar-refractivity contribution in [2.24, 2.45) is 7.05 Å². The molecule has 0 saturated heterocycles. The number of aromatic nitrogens is 6. The van der Waals surface area contributed by atoms with Gasteiger partial charge in [-0.15, -0.1) is 5.10 Å². The van der Waals surface area contributed by atoms with E-state index in [0.717, 1.165) is 11.4 Å².